The van der Waals surface area contributed by atoms with Gasteiger partial charge in [0.2, 0.25) is 5.95 Å². The molecule has 8 nitrogen and oxygen atoms in total. The van der Waals surface area contributed by atoms with E-state index in [4.69, 9.17) is 9.15 Å². The highest BCUT2D eigenvalue weighted by Gasteiger charge is 2.17. The Labute approximate surface area is 161 Å². The zero-order chi connectivity index (χ0) is 19.5. The molecule has 4 rings (SSSR count). The normalized spacial score (nSPS) is 14.2. The van der Waals surface area contributed by atoms with E-state index in [1.807, 2.05) is 19.1 Å². The summed E-state index contributed by atoms with van der Waals surface area (Å²) < 4.78 is 10.6. The Hall–Kier alpha value is -3.26. The summed E-state index contributed by atoms with van der Waals surface area (Å²) in [4.78, 5) is 35.7. The molecule has 0 unspecified atom stereocenters. The Kier molecular flexibility index (Phi) is 5.03. The zero-order valence-electron chi connectivity index (χ0n) is 15.5. The summed E-state index contributed by atoms with van der Waals surface area (Å²) in [6, 6.07) is 10.4. The minimum atomic E-state index is -0.663. The molecule has 1 saturated heterocycles. The summed E-state index contributed by atoms with van der Waals surface area (Å²) in [7, 11) is 0. The zero-order valence-corrected chi connectivity index (χ0v) is 15.5. The van der Waals surface area contributed by atoms with Crippen LogP contribution in [0.1, 0.15) is 21.7 Å². The highest BCUT2D eigenvalue weighted by molar-refractivity contribution is 5.96. The van der Waals surface area contributed by atoms with Crippen LogP contribution in [-0.2, 0) is 11.3 Å². The minimum Gasteiger partial charge on any atom is -0.422 e. The van der Waals surface area contributed by atoms with Crippen molar-refractivity contribution in [1.29, 1.82) is 0 Å². The van der Waals surface area contributed by atoms with Gasteiger partial charge in [-0.25, -0.2) is 14.8 Å². The summed E-state index contributed by atoms with van der Waals surface area (Å²) in [5.41, 5.74) is 1.24. The summed E-state index contributed by atoms with van der Waals surface area (Å²) in [5, 5.41) is 3.44. The molecule has 1 amide bonds. The Morgan fingerprint density at radius 1 is 1.18 bits per heavy atom. The maximum Gasteiger partial charge on any atom is 0.349 e. The molecule has 2 aromatic heterocycles. The van der Waals surface area contributed by atoms with Gasteiger partial charge in [-0.05, 0) is 25.1 Å². The van der Waals surface area contributed by atoms with Gasteiger partial charge in [-0.15, -0.1) is 0 Å². The van der Waals surface area contributed by atoms with Gasteiger partial charge in [0.1, 0.15) is 11.1 Å². The van der Waals surface area contributed by atoms with E-state index in [1.165, 1.54) is 0 Å². The third-order valence-electron chi connectivity index (χ3n) is 4.51. The number of aromatic nitrogens is 2. The monoisotopic (exact) mass is 380 g/mol. The average molecular weight is 380 g/mol. The van der Waals surface area contributed by atoms with Crippen LogP contribution >= 0.6 is 0 Å². The van der Waals surface area contributed by atoms with Gasteiger partial charge in [0.25, 0.3) is 5.91 Å². The molecule has 1 N–H and O–H groups in total. The number of anilines is 1. The number of fused-ring (bicyclic) bond motifs is 1. The molecule has 0 spiro atoms. The van der Waals surface area contributed by atoms with Crippen LogP contribution in [0.3, 0.4) is 0 Å². The number of rotatable bonds is 4. The lowest BCUT2D eigenvalue weighted by molar-refractivity contribution is 0.0947. The van der Waals surface area contributed by atoms with Gasteiger partial charge >= 0.3 is 5.63 Å². The fourth-order valence-corrected chi connectivity index (χ4v) is 3.10. The smallest absolute Gasteiger partial charge is 0.349 e. The van der Waals surface area contributed by atoms with Crippen LogP contribution in [-0.4, -0.2) is 42.2 Å². The predicted octanol–water partition coefficient (Wildman–Crippen LogP) is 1.66. The van der Waals surface area contributed by atoms with Crippen molar-refractivity contribution < 1.29 is 13.9 Å². The molecule has 0 radical (unpaired) electrons. The number of morpholine rings is 1. The van der Waals surface area contributed by atoms with Crippen molar-refractivity contribution >= 4 is 22.8 Å². The lowest BCUT2D eigenvalue weighted by atomic mass is 10.2. The van der Waals surface area contributed by atoms with Crippen LogP contribution in [0.5, 0.6) is 0 Å². The lowest BCUT2D eigenvalue weighted by Gasteiger charge is -2.27. The highest BCUT2D eigenvalue weighted by Crippen LogP contribution is 2.14. The van der Waals surface area contributed by atoms with Gasteiger partial charge in [0.15, 0.2) is 0 Å². The second-order valence-electron chi connectivity index (χ2n) is 6.57. The van der Waals surface area contributed by atoms with Crippen LogP contribution < -0.4 is 15.8 Å². The molecule has 28 heavy (non-hydrogen) atoms. The first-order valence-electron chi connectivity index (χ1n) is 9.08. The molecule has 1 aliphatic rings. The van der Waals surface area contributed by atoms with E-state index in [-0.39, 0.29) is 12.1 Å². The standard InChI is InChI=1S/C20H20N4O4/c1-13-10-15(23-20(22-13)24-6-8-27-9-7-24)12-21-18(25)16-11-14-4-2-3-5-17(14)28-19(16)26/h2-5,10-11H,6-9,12H2,1H3,(H,21,25). The van der Waals surface area contributed by atoms with E-state index >= 15 is 0 Å². The average Bonchev–Trinajstić information content (AvgIpc) is 2.72. The molecule has 1 fully saturated rings. The topological polar surface area (TPSA) is 97.6 Å². The number of amides is 1. The molecular weight excluding hydrogens is 360 g/mol. The molecule has 0 aliphatic carbocycles. The molecule has 1 aromatic carbocycles. The van der Waals surface area contributed by atoms with Crippen LogP contribution in [0, 0.1) is 6.92 Å². The quantitative estimate of drug-likeness (QED) is 0.688. The molecule has 0 bridgehead atoms. The summed E-state index contributed by atoms with van der Waals surface area (Å²) in [5.74, 6) is 0.126. The van der Waals surface area contributed by atoms with Crippen molar-refractivity contribution in [2.24, 2.45) is 0 Å². The van der Waals surface area contributed by atoms with E-state index in [0.29, 0.717) is 35.8 Å². The van der Waals surface area contributed by atoms with Gasteiger partial charge in [0.05, 0.1) is 25.5 Å². The van der Waals surface area contributed by atoms with Crippen molar-refractivity contribution in [2.45, 2.75) is 13.5 Å². The molecule has 3 heterocycles. The fraction of sp³-hybridized carbons (Fsp3) is 0.300. The van der Waals surface area contributed by atoms with Gasteiger partial charge in [0, 0.05) is 24.2 Å². The predicted molar refractivity (Wildman–Crippen MR) is 103 cm³/mol. The van der Waals surface area contributed by atoms with Crippen LogP contribution in [0.25, 0.3) is 11.0 Å². The second kappa shape index (κ2) is 7.77. The minimum absolute atomic E-state index is 0.0297. The SMILES string of the molecule is Cc1cc(CNC(=O)c2cc3ccccc3oc2=O)nc(N2CCOCC2)n1. The van der Waals surface area contributed by atoms with Crippen molar-refractivity contribution in [2.75, 3.05) is 31.2 Å². The lowest BCUT2D eigenvalue weighted by Crippen LogP contribution is -2.37. The summed E-state index contributed by atoms with van der Waals surface area (Å²) >= 11 is 0. The third kappa shape index (κ3) is 3.86. The number of benzene rings is 1. The Morgan fingerprint density at radius 2 is 1.96 bits per heavy atom. The van der Waals surface area contributed by atoms with Crippen LogP contribution in [0.4, 0.5) is 5.95 Å². The maximum absolute atomic E-state index is 12.5. The number of ether oxygens (including phenoxy) is 1. The van der Waals surface area contributed by atoms with Crippen LogP contribution in [0.2, 0.25) is 0 Å². The molecule has 0 atom stereocenters. The van der Waals surface area contributed by atoms with Gasteiger partial charge < -0.3 is 19.4 Å². The number of hydrogen-bond donors (Lipinski definition) is 1. The molecule has 3 aromatic rings. The number of hydrogen-bond acceptors (Lipinski definition) is 7. The summed E-state index contributed by atoms with van der Waals surface area (Å²) in [6.07, 6.45) is 0. The van der Waals surface area contributed by atoms with Gasteiger partial charge in [-0.3, -0.25) is 4.79 Å². The molecule has 0 saturated carbocycles. The first-order chi connectivity index (χ1) is 13.6. The van der Waals surface area contributed by atoms with E-state index in [1.54, 1.807) is 24.3 Å². The number of carbonyl (C=O) groups excluding carboxylic acids is 1. The summed E-state index contributed by atoms with van der Waals surface area (Å²) in [6.45, 7) is 4.81. The molecule has 1 aliphatic heterocycles. The molecular formula is C20H20N4O4. The largest absolute Gasteiger partial charge is 0.422 e. The van der Waals surface area contributed by atoms with Crippen molar-refractivity contribution in [1.82, 2.24) is 15.3 Å². The number of carbonyl (C=O) groups is 1. The van der Waals surface area contributed by atoms with Gasteiger partial charge in [-0.2, -0.15) is 0 Å². The maximum atomic E-state index is 12.5. The van der Waals surface area contributed by atoms with E-state index < -0.39 is 11.5 Å². The molecule has 144 valence electrons. The Bertz CT molecular complexity index is 1070. The Balaban J connectivity index is 1.51. The van der Waals surface area contributed by atoms with E-state index in [0.717, 1.165) is 18.8 Å². The van der Waals surface area contributed by atoms with Crippen LogP contribution in [0.15, 0.2) is 45.6 Å². The fourth-order valence-electron chi connectivity index (χ4n) is 3.10. The highest BCUT2D eigenvalue weighted by atomic mass is 16.5. The number of nitrogens with zero attached hydrogens (tertiary/aromatic N) is 3. The van der Waals surface area contributed by atoms with Crippen molar-refractivity contribution in [3.8, 4) is 0 Å². The van der Waals surface area contributed by atoms with E-state index in [9.17, 15) is 9.59 Å². The first kappa shape index (κ1) is 18.1. The van der Waals surface area contributed by atoms with Gasteiger partial charge in [-0.1, -0.05) is 18.2 Å². The molecule has 8 heteroatoms. The van der Waals surface area contributed by atoms with Crippen molar-refractivity contribution in [3.05, 3.63) is 63.8 Å². The number of aryl methyl sites for hydroxylation is 1. The number of nitrogens with one attached hydrogen (secondary N) is 1. The third-order valence-corrected chi connectivity index (χ3v) is 4.51. The number of para-hydroxylation sites is 1. The Morgan fingerprint density at radius 3 is 2.79 bits per heavy atom. The van der Waals surface area contributed by atoms with E-state index in [2.05, 4.69) is 20.2 Å². The first-order valence-corrected chi connectivity index (χ1v) is 9.08. The van der Waals surface area contributed by atoms with Crippen molar-refractivity contribution in [3.63, 3.8) is 0 Å². The second-order valence-corrected chi connectivity index (χ2v) is 6.57.